The highest BCUT2D eigenvalue weighted by molar-refractivity contribution is 6.04. The van der Waals surface area contributed by atoms with Crippen LogP contribution in [0.5, 0.6) is 17.6 Å². The predicted octanol–water partition coefficient (Wildman–Crippen LogP) is 4.38. The van der Waals surface area contributed by atoms with Crippen LogP contribution in [0, 0.1) is 24.0 Å². The highest BCUT2D eigenvalue weighted by Gasteiger charge is 2.45. The van der Waals surface area contributed by atoms with E-state index in [4.69, 9.17) is 20.9 Å². The molecule has 9 nitrogen and oxygen atoms in total. The molecule has 4 aromatic rings. The van der Waals surface area contributed by atoms with Gasteiger partial charge in [0.05, 0.1) is 17.7 Å². The molecule has 0 amide bonds. The van der Waals surface area contributed by atoms with Crippen LogP contribution in [0.15, 0.2) is 24.3 Å². The molecule has 8 rings (SSSR count). The van der Waals surface area contributed by atoms with E-state index < -0.39 is 11.6 Å². The van der Waals surface area contributed by atoms with Gasteiger partial charge in [-0.15, -0.1) is 6.42 Å². The van der Waals surface area contributed by atoms with Gasteiger partial charge >= 0.3 is 6.01 Å². The van der Waals surface area contributed by atoms with Gasteiger partial charge in [-0.3, -0.25) is 4.90 Å². The number of pyridine rings is 1. The first-order valence-corrected chi connectivity index (χ1v) is 15.3. The van der Waals surface area contributed by atoms with E-state index in [1.807, 2.05) is 0 Å². The molecule has 11 heteroatoms. The summed E-state index contributed by atoms with van der Waals surface area (Å²) in [6.07, 6.45) is 10.8. The lowest BCUT2D eigenvalue weighted by molar-refractivity contribution is 0.107. The number of benzene rings is 2. The molecular weight excluding hydrogens is 566 g/mol. The highest BCUT2D eigenvalue weighted by Crippen LogP contribution is 2.44. The first-order chi connectivity index (χ1) is 21.5. The fourth-order valence-electron chi connectivity index (χ4n) is 7.66. The summed E-state index contributed by atoms with van der Waals surface area (Å²) in [5, 5.41) is 15.1. The van der Waals surface area contributed by atoms with Crippen molar-refractivity contribution in [3.8, 4) is 41.2 Å². The van der Waals surface area contributed by atoms with Crippen molar-refractivity contribution in [2.75, 3.05) is 50.8 Å². The third-order valence-corrected chi connectivity index (χ3v) is 9.76. The highest BCUT2D eigenvalue weighted by atomic mass is 19.1. The number of rotatable bonds is 4. The minimum atomic E-state index is -0.756. The zero-order valence-corrected chi connectivity index (χ0v) is 24.2. The summed E-state index contributed by atoms with van der Waals surface area (Å²) >= 11 is 0. The van der Waals surface area contributed by atoms with Gasteiger partial charge in [0.1, 0.15) is 40.6 Å². The molecule has 2 aromatic carbocycles. The lowest BCUT2D eigenvalue weighted by atomic mass is 9.95. The van der Waals surface area contributed by atoms with E-state index in [9.17, 15) is 9.50 Å². The van der Waals surface area contributed by atoms with Crippen LogP contribution in [0.4, 0.5) is 14.6 Å². The maximum absolute atomic E-state index is 16.9. The number of hydrogen-bond acceptors (Lipinski definition) is 9. The molecule has 0 bridgehead atoms. The number of fused-ring (bicyclic) bond motifs is 4. The van der Waals surface area contributed by atoms with Gasteiger partial charge in [-0.25, -0.2) is 13.8 Å². The number of hydrogen-bond donors (Lipinski definition) is 2. The molecule has 1 unspecified atom stereocenters. The summed E-state index contributed by atoms with van der Waals surface area (Å²) < 4.78 is 44.4. The van der Waals surface area contributed by atoms with Crippen molar-refractivity contribution in [3.05, 3.63) is 41.5 Å². The monoisotopic (exact) mass is 598 g/mol. The van der Waals surface area contributed by atoms with E-state index in [1.165, 1.54) is 24.3 Å². The van der Waals surface area contributed by atoms with Crippen molar-refractivity contribution in [1.29, 1.82) is 0 Å². The third kappa shape index (κ3) is 4.23. The second-order valence-electron chi connectivity index (χ2n) is 12.2. The van der Waals surface area contributed by atoms with Gasteiger partial charge in [0.25, 0.3) is 0 Å². The summed E-state index contributed by atoms with van der Waals surface area (Å²) in [5.74, 6) is 1.56. The lowest BCUT2D eigenvalue weighted by Crippen LogP contribution is -2.52. The van der Waals surface area contributed by atoms with Crippen LogP contribution in [0.25, 0.3) is 32.9 Å². The van der Waals surface area contributed by atoms with Crippen LogP contribution < -0.4 is 19.7 Å². The average Bonchev–Trinajstić information content (AvgIpc) is 3.61. The molecule has 3 saturated heterocycles. The second-order valence-corrected chi connectivity index (χ2v) is 12.2. The number of nitrogens with zero attached hydrogens (tertiary/aromatic N) is 5. The standard InChI is InChI=1S/C33H32F2N6O3/c1-2-22-24(34)6-5-19-15-21(42)16-23(25(19)22)28-27(35)29-26-30(41-13-10-36-17-20(41)7-14-43-31(26)37-28)39-32(38-29)44-18-33-8-3-11-40(33)12-4-9-33/h1,5-6,15-16,20,36,42H,3-4,7-14,17-18H2. The SMILES string of the molecule is C#Cc1c(F)ccc2cc(O)cc(-c3nc4c5c(nc(OCC67CCCN6CCC7)nc5c3F)N3CCNCC3CCO4)c12. The molecule has 0 aliphatic carbocycles. The number of nitrogens with one attached hydrogen (secondary N) is 1. The van der Waals surface area contributed by atoms with Crippen molar-refractivity contribution < 1.29 is 23.4 Å². The zero-order chi connectivity index (χ0) is 30.0. The third-order valence-electron chi connectivity index (χ3n) is 9.76. The fraction of sp³-hybridized carbons (Fsp3) is 0.424. The number of halogens is 2. The first-order valence-electron chi connectivity index (χ1n) is 15.3. The Kier molecular flexibility index (Phi) is 6.46. The molecule has 4 aliphatic heterocycles. The molecule has 6 heterocycles. The summed E-state index contributed by atoms with van der Waals surface area (Å²) in [6, 6.07) is 5.70. The Morgan fingerprint density at radius 3 is 2.77 bits per heavy atom. The number of piperazine rings is 1. The van der Waals surface area contributed by atoms with Gasteiger partial charge in [-0.05, 0) is 62.4 Å². The Balaban J connectivity index is 1.35. The smallest absolute Gasteiger partial charge is 0.319 e. The number of ether oxygens (including phenoxy) is 2. The largest absolute Gasteiger partial charge is 0.508 e. The van der Waals surface area contributed by atoms with Crippen LogP contribution in [0.2, 0.25) is 0 Å². The quantitative estimate of drug-likeness (QED) is 0.332. The zero-order valence-electron chi connectivity index (χ0n) is 24.2. The Labute approximate surface area is 253 Å². The second kappa shape index (κ2) is 10.4. The Bertz CT molecular complexity index is 1850. The van der Waals surface area contributed by atoms with E-state index in [1.54, 1.807) is 0 Å². The van der Waals surface area contributed by atoms with Crippen LogP contribution in [0.1, 0.15) is 37.7 Å². The van der Waals surface area contributed by atoms with Gasteiger partial charge < -0.3 is 24.8 Å². The van der Waals surface area contributed by atoms with Crippen LogP contribution in [-0.4, -0.2) is 82.5 Å². The summed E-state index contributed by atoms with van der Waals surface area (Å²) in [6.45, 7) is 5.03. The summed E-state index contributed by atoms with van der Waals surface area (Å²) in [4.78, 5) is 18.8. The van der Waals surface area contributed by atoms with Crippen LogP contribution in [-0.2, 0) is 0 Å². The fourth-order valence-corrected chi connectivity index (χ4v) is 7.66. The van der Waals surface area contributed by atoms with Crippen LogP contribution >= 0.6 is 0 Å². The van der Waals surface area contributed by atoms with Crippen molar-refractivity contribution in [2.45, 2.75) is 43.7 Å². The number of aromatic hydroxyl groups is 1. The van der Waals surface area contributed by atoms with Crippen molar-refractivity contribution in [2.24, 2.45) is 0 Å². The number of anilines is 1. The van der Waals surface area contributed by atoms with Gasteiger partial charge in [0, 0.05) is 43.0 Å². The first kappa shape index (κ1) is 27.3. The lowest BCUT2D eigenvalue weighted by Gasteiger charge is -2.39. The molecule has 0 spiro atoms. The van der Waals surface area contributed by atoms with E-state index >= 15 is 4.39 Å². The Morgan fingerprint density at radius 2 is 1.95 bits per heavy atom. The molecule has 2 N–H and O–H groups in total. The van der Waals surface area contributed by atoms with E-state index in [2.05, 4.69) is 31.0 Å². The molecule has 0 saturated carbocycles. The molecule has 44 heavy (non-hydrogen) atoms. The molecule has 1 atom stereocenters. The Hall–Kier alpha value is -4.27. The van der Waals surface area contributed by atoms with Gasteiger partial charge in [-0.2, -0.15) is 9.97 Å². The van der Waals surface area contributed by atoms with E-state index in [-0.39, 0.29) is 56.9 Å². The average molecular weight is 599 g/mol. The molecule has 226 valence electrons. The van der Waals surface area contributed by atoms with Gasteiger partial charge in [0.2, 0.25) is 5.88 Å². The van der Waals surface area contributed by atoms with Crippen molar-refractivity contribution >= 4 is 27.5 Å². The number of terminal acetylenes is 1. The van der Waals surface area contributed by atoms with E-state index in [0.29, 0.717) is 42.8 Å². The summed E-state index contributed by atoms with van der Waals surface area (Å²) in [5.41, 5.74) is -0.113. The predicted molar refractivity (Wildman–Crippen MR) is 162 cm³/mol. The normalized spacial score (nSPS) is 20.9. The Morgan fingerprint density at radius 1 is 1.11 bits per heavy atom. The number of phenolic OH excluding ortho intramolecular Hbond substituents is 1. The minimum Gasteiger partial charge on any atom is -0.508 e. The topological polar surface area (TPSA) is 95.9 Å². The molecular formula is C33H32F2N6O3. The summed E-state index contributed by atoms with van der Waals surface area (Å²) in [7, 11) is 0. The van der Waals surface area contributed by atoms with Gasteiger partial charge in [0.15, 0.2) is 5.82 Å². The van der Waals surface area contributed by atoms with E-state index in [0.717, 1.165) is 51.9 Å². The maximum Gasteiger partial charge on any atom is 0.319 e. The maximum atomic E-state index is 16.9. The number of aromatic nitrogens is 3. The van der Waals surface area contributed by atoms with Crippen LogP contribution in [0.3, 0.4) is 0 Å². The minimum absolute atomic E-state index is 0.00784. The van der Waals surface area contributed by atoms with Crippen molar-refractivity contribution in [3.63, 3.8) is 0 Å². The molecule has 2 aromatic heterocycles. The van der Waals surface area contributed by atoms with Crippen molar-refractivity contribution in [1.82, 2.24) is 25.2 Å². The molecule has 0 radical (unpaired) electrons. The van der Waals surface area contributed by atoms with Gasteiger partial charge in [-0.1, -0.05) is 12.0 Å². The molecule has 3 fully saturated rings. The number of phenols is 1. The molecule has 4 aliphatic rings.